The first-order valence-electron chi connectivity index (χ1n) is 12.7. The number of nitrogens with zero attached hydrogens (tertiary/aromatic N) is 3. The summed E-state index contributed by atoms with van der Waals surface area (Å²) in [5.74, 6) is 0.146. The molecule has 1 aromatic rings. The highest BCUT2D eigenvalue weighted by molar-refractivity contribution is 5.74. The Morgan fingerprint density at radius 3 is 2.46 bits per heavy atom. The summed E-state index contributed by atoms with van der Waals surface area (Å²) < 4.78 is 7.21. The molecule has 0 radical (unpaired) electrons. The summed E-state index contributed by atoms with van der Waals surface area (Å²) in [6.07, 6.45) is 6.92. The number of allylic oxidation sites excluding steroid dienone is 2. The van der Waals surface area contributed by atoms with Crippen LogP contribution in [0.1, 0.15) is 56.6 Å². The SMILES string of the molecule is CN(C)C1CC23CCC4(O2)C2CC=C(c5ccc(C#N)cc5)C2(C)CCC4(C#N)C=C3C(O)C1O. The molecule has 35 heavy (non-hydrogen) atoms. The van der Waals surface area contributed by atoms with E-state index in [9.17, 15) is 20.7 Å². The molecule has 2 saturated carbocycles. The Morgan fingerprint density at radius 1 is 1.06 bits per heavy atom. The Kier molecular flexibility index (Phi) is 4.77. The van der Waals surface area contributed by atoms with Crippen LogP contribution >= 0.6 is 0 Å². The molecule has 2 spiro atoms. The van der Waals surface area contributed by atoms with Crippen molar-refractivity contribution in [1.82, 2.24) is 4.90 Å². The highest BCUT2D eigenvalue weighted by atomic mass is 16.5. The summed E-state index contributed by atoms with van der Waals surface area (Å²) in [5.41, 5.74) is 1.59. The predicted molar refractivity (Wildman–Crippen MR) is 131 cm³/mol. The third-order valence-corrected chi connectivity index (χ3v) is 10.3. The molecule has 2 bridgehead atoms. The van der Waals surface area contributed by atoms with Crippen molar-refractivity contribution in [2.75, 3.05) is 14.1 Å². The molecule has 2 heterocycles. The minimum absolute atomic E-state index is 0.140. The second-order valence-electron chi connectivity index (χ2n) is 11.9. The van der Waals surface area contributed by atoms with Gasteiger partial charge in [0.1, 0.15) is 11.5 Å². The Balaban J connectivity index is 1.44. The summed E-state index contributed by atoms with van der Waals surface area (Å²) in [7, 11) is 3.86. The molecule has 3 fully saturated rings. The van der Waals surface area contributed by atoms with Crippen molar-refractivity contribution in [1.29, 1.82) is 10.5 Å². The maximum Gasteiger partial charge on any atom is 0.105 e. The summed E-state index contributed by atoms with van der Waals surface area (Å²) in [6.45, 7) is 2.32. The monoisotopic (exact) mass is 471 g/mol. The van der Waals surface area contributed by atoms with Gasteiger partial charge in [0, 0.05) is 12.0 Å². The van der Waals surface area contributed by atoms with Crippen LogP contribution in [0.5, 0.6) is 0 Å². The molecule has 6 nitrogen and oxygen atoms in total. The van der Waals surface area contributed by atoms with Gasteiger partial charge in [0.15, 0.2) is 0 Å². The standard InChI is InChI=1S/C29H33N3O3/c1-26-10-11-27(17-31)14-21-24(33)25(34)22(32(2)3)15-28(21)12-13-29(27,35-28)23(26)9-8-20(26)19-6-4-18(16-30)5-7-19/h4-8,14,22-25,33-34H,9-13,15H2,1-3H3. The topological polar surface area (TPSA) is 101 Å². The largest absolute Gasteiger partial charge is 0.388 e. The van der Waals surface area contributed by atoms with E-state index in [4.69, 9.17) is 4.74 Å². The van der Waals surface area contributed by atoms with Crippen molar-refractivity contribution in [3.05, 3.63) is 53.1 Å². The minimum Gasteiger partial charge on any atom is -0.388 e. The molecular weight excluding hydrogens is 438 g/mol. The number of nitriles is 2. The summed E-state index contributed by atoms with van der Waals surface area (Å²) in [5, 5.41) is 42.0. The second-order valence-corrected chi connectivity index (χ2v) is 11.9. The molecule has 6 heteroatoms. The molecule has 5 aliphatic rings. The van der Waals surface area contributed by atoms with Gasteiger partial charge in [-0.3, -0.25) is 0 Å². The lowest BCUT2D eigenvalue weighted by atomic mass is 9.49. The molecule has 2 aliphatic heterocycles. The van der Waals surface area contributed by atoms with Gasteiger partial charge < -0.3 is 19.8 Å². The van der Waals surface area contributed by atoms with Crippen molar-refractivity contribution in [2.24, 2.45) is 16.7 Å². The van der Waals surface area contributed by atoms with Crippen molar-refractivity contribution in [3.63, 3.8) is 0 Å². The van der Waals surface area contributed by atoms with Gasteiger partial charge in [-0.1, -0.05) is 31.2 Å². The van der Waals surface area contributed by atoms with Gasteiger partial charge in [-0.05, 0) is 86.9 Å². The van der Waals surface area contributed by atoms with Crippen LogP contribution in [-0.4, -0.2) is 58.7 Å². The zero-order valence-electron chi connectivity index (χ0n) is 20.7. The third kappa shape index (κ3) is 2.72. The maximum absolute atomic E-state index is 11.2. The number of aliphatic hydroxyl groups is 2. The van der Waals surface area contributed by atoms with E-state index in [1.165, 1.54) is 5.57 Å². The van der Waals surface area contributed by atoms with Gasteiger partial charge in [0.2, 0.25) is 0 Å². The lowest BCUT2D eigenvalue weighted by Crippen LogP contribution is -2.66. The zero-order chi connectivity index (χ0) is 24.8. The number of rotatable bonds is 2. The van der Waals surface area contributed by atoms with Crippen molar-refractivity contribution >= 4 is 5.57 Å². The normalized spacial score (nSPS) is 45.5. The van der Waals surface area contributed by atoms with E-state index in [2.05, 4.69) is 25.1 Å². The fourth-order valence-corrected chi connectivity index (χ4v) is 8.41. The van der Waals surface area contributed by atoms with E-state index in [-0.39, 0.29) is 17.4 Å². The van der Waals surface area contributed by atoms with Crippen LogP contribution in [0.25, 0.3) is 5.57 Å². The Hall–Kier alpha value is -2.48. The molecule has 0 amide bonds. The smallest absolute Gasteiger partial charge is 0.105 e. The molecule has 8 unspecified atom stereocenters. The highest BCUT2D eigenvalue weighted by Crippen LogP contribution is 2.72. The summed E-state index contributed by atoms with van der Waals surface area (Å²) in [6, 6.07) is 12.5. The number of hydrogen-bond donors (Lipinski definition) is 2. The number of fused-ring (bicyclic) bond motifs is 1. The van der Waals surface area contributed by atoms with Crippen LogP contribution in [0.3, 0.4) is 0 Å². The first-order chi connectivity index (χ1) is 16.7. The van der Waals surface area contributed by atoms with E-state index >= 15 is 0 Å². The van der Waals surface area contributed by atoms with Crippen LogP contribution < -0.4 is 0 Å². The predicted octanol–water partition coefficient (Wildman–Crippen LogP) is 3.56. The van der Waals surface area contributed by atoms with Gasteiger partial charge in [-0.25, -0.2) is 0 Å². The van der Waals surface area contributed by atoms with E-state index < -0.39 is 28.8 Å². The van der Waals surface area contributed by atoms with Crippen molar-refractivity contribution < 1.29 is 14.9 Å². The van der Waals surface area contributed by atoms with Crippen LogP contribution in [-0.2, 0) is 4.74 Å². The fraction of sp³-hybridized carbons (Fsp3) is 0.586. The molecule has 2 N–H and O–H groups in total. The lowest BCUT2D eigenvalue weighted by Gasteiger charge is -2.61. The highest BCUT2D eigenvalue weighted by Gasteiger charge is 2.74. The first kappa shape index (κ1) is 23.0. The molecule has 6 rings (SSSR count). The van der Waals surface area contributed by atoms with Crippen LogP contribution in [0.15, 0.2) is 42.0 Å². The van der Waals surface area contributed by atoms with Crippen LogP contribution in [0.2, 0.25) is 0 Å². The Morgan fingerprint density at radius 2 is 1.80 bits per heavy atom. The van der Waals surface area contributed by atoms with Crippen molar-refractivity contribution in [3.8, 4) is 12.1 Å². The Bertz CT molecular complexity index is 1220. The number of benzene rings is 1. The van der Waals surface area contributed by atoms with E-state index in [0.717, 1.165) is 36.8 Å². The maximum atomic E-state index is 11.2. The van der Waals surface area contributed by atoms with Gasteiger partial charge in [0.05, 0.1) is 35.0 Å². The second kappa shape index (κ2) is 7.28. The van der Waals surface area contributed by atoms with E-state index in [1.807, 2.05) is 49.3 Å². The molecule has 182 valence electrons. The van der Waals surface area contributed by atoms with Gasteiger partial charge in [-0.2, -0.15) is 10.5 Å². The summed E-state index contributed by atoms with van der Waals surface area (Å²) in [4.78, 5) is 1.98. The van der Waals surface area contributed by atoms with Gasteiger partial charge in [-0.15, -0.1) is 0 Å². The lowest BCUT2D eigenvalue weighted by molar-refractivity contribution is -0.223. The molecule has 1 saturated heterocycles. The molecule has 1 aromatic carbocycles. The average Bonchev–Trinajstić information content (AvgIpc) is 3.38. The van der Waals surface area contributed by atoms with Crippen molar-refractivity contribution in [2.45, 2.75) is 74.9 Å². The zero-order valence-corrected chi connectivity index (χ0v) is 20.7. The van der Waals surface area contributed by atoms with Gasteiger partial charge >= 0.3 is 0 Å². The number of ether oxygens (including phenoxy) is 1. The average molecular weight is 472 g/mol. The molecule has 0 aromatic heterocycles. The number of likely N-dealkylation sites (N-methyl/N-ethyl adjacent to an activating group) is 1. The number of hydrogen-bond acceptors (Lipinski definition) is 6. The van der Waals surface area contributed by atoms with E-state index in [0.29, 0.717) is 18.4 Å². The first-order valence-corrected chi connectivity index (χ1v) is 12.7. The quantitative estimate of drug-likeness (QED) is 0.640. The number of aliphatic hydroxyl groups excluding tert-OH is 2. The molecule has 3 aliphatic carbocycles. The molecular formula is C29H33N3O3. The van der Waals surface area contributed by atoms with E-state index in [1.54, 1.807) is 0 Å². The summed E-state index contributed by atoms with van der Waals surface area (Å²) >= 11 is 0. The Labute approximate surface area is 207 Å². The minimum atomic E-state index is -1.03. The van der Waals surface area contributed by atoms with Crippen LogP contribution in [0.4, 0.5) is 0 Å². The van der Waals surface area contributed by atoms with Gasteiger partial charge in [0.25, 0.3) is 0 Å². The third-order valence-electron chi connectivity index (χ3n) is 10.3. The molecule has 8 atom stereocenters. The van der Waals surface area contributed by atoms with Crippen LogP contribution in [0, 0.1) is 39.4 Å². The fourth-order valence-electron chi connectivity index (χ4n) is 8.41.